The predicted molar refractivity (Wildman–Crippen MR) is 71.6 cm³/mol. The Morgan fingerprint density at radius 3 is 2.75 bits per heavy atom. The molecule has 2 N–H and O–H groups in total. The zero-order chi connectivity index (χ0) is 14.9. The molecule has 0 spiro atoms. The molecular weight excluding hydrogens is 281 g/mol. The molecule has 1 aliphatic heterocycles. The van der Waals surface area contributed by atoms with E-state index in [0.29, 0.717) is 6.54 Å². The van der Waals surface area contributed by atoms with Crippen molar-refractivity contribution in [3.63, 3.8) is 0 Å². The number of nitriles is 1. The molecule has 20 heavy (non-hydrogen) atoms. The number of nitrogens with zero attached hydrogens (tertiary/aromatic N) is 2. The van der Waals surface area contributed by atoms with E-state index in [1.807, 2.05) is 6.92 Å². The number of sulfonamides is 1. The maximum Gasteiger partial charge on any atom is 0.244 e. The lowest BCUT2D eigenvalue weighted by molar-refractivity contribution is 0.254. The first-order valence-corrected chi connectivity index (χ1v) is 7.74. The lowest BCUT2D eigenvalue weighted by Crippen LogP contribution is -2.48. The maximum atomic E-state index is 13.6. The van der Waals surface area contributed by atoms with Crippen molar-refractivity contribution < 1.29 is 12.8 Å². The van der Waals surface area contributed by atoms with Gasteiger partial charge in [0.25, 0.3) is 0 Å². The average Bonchev–Trinajstić information content (AvgIpc) is 2.37. The van der Waals surface area contributed by atoms with Gasteiger partial charge in [0.15, 0.2) is 0 Å². The Morgan fingerprint density at radius 2 is 2.15 bits per heavy atom. The van der Waals surface area contributed by atoms with Crippen molar-refractivity contribution in [3.8, 4) is 6.07 Å². The van der Waals surface area contributed by atoms with E-state index in [9.17, 15) is 12.8 Å². The molecule has 1 saturated heterocycles. The summed E-state index contributed by atoms with van der Waals surface area (Å²) in [6, 6.07) is 4.99. The zero-order valence-electron chi connectivity index (χ0n) is 11.1. The molecule has 1 aliphatic rings. The maximum absolute atomic E-state index is 13.6. The van der Waals surface area contributed by atoms with Gasteiger partial charge in [-0.3, -0.25) is 0 Å². The fourth-order valence-electron chi connectivity index (χ4n) is 2.51. The minimum atomic E-state index is -3.90. The molecular formula is C13H16FN3O2S. The third-order valence-electron chi connectivity index (χ3n) is 3.36. The van der Waals surface area contributed by atoms with Crippen LogP contribution in [0.4, 0.5) is 4.39 Å². The van der Waals surface area contributed by atoms with Crippen LogP contribution in [0.15, 0.2) is 23.1 Å². The molecule has 0 amide bonds. The molecule has 5 nitrogen and oxygen atoms in total. The van der Waals surface area contributed by atoms with Crippen molar-refractivity contribution >= 4 is 10.0 Å². The number of rotatable bonds is 2. The number of piperidine rings is 1. The van der Waals surface area contributed by atoms with Crippen LogP contribution < -0.4 is 5.73 Å². The minimum absolute atomic E-state index is 0.132. The van der Waals surface area contributed by atoms with E-state index in [1.165, 1.54) is 16.4 Å². The van der Waals surface area contributed by atoms with Crippen LogP contribution in [0.3, 0.4) is 0 Å². The Bertz CT molecular complexity index is 644. The Morgan fingerprint density at radius 1 is 1.45 bits per heavy atom. The van der Waals surface area contributed by atoms with Crippen molar-refractivity contribution in [1.29, 1.82) is 5.26 Å². The largest absolute Gasteiger partial charge is 0.326 e. The summed E-state index contributed by atoms with van der Waals surface area (Å²) in [4.78, 5) is -0.290. The Balaban J connectivity index is 2.46. The van der Waals surface area contributed by atoms with Crippen molar-refractivity contribution in [2.24, 2.45) is 11.7 Å². The van der Waals surface area contributed by atoms with Crippen LogP contribution in [0.5, 0.6) is 0 Å². The second-order valence-corrected chi connectivity index (χ2v) is 7.05. The molecule has 1 fully saturated rings. The molecule has 1 aromatic rings. The van der Waals surface area contributed by atoms with E-state index in [2.05, 4.69) is 0 Å². The fourth-order valence-corrected chi connectivity index (χ4v) is 4.28. The molecule has 108 valence electrons. The summed E-state index contributed by atoms with van der Waals surface area (Å²) in [6.07, 6.45) is 0.750. The standard InChI is InChI=1S/C13H16FN3O2S/c1-9-5-10(16)8-17(7-9)20(18,19)13-4-2-3-12(14)11(13)6-15/h2-4,9-10H,5,7-8,16H2,1H3. The Kier molecular flexibility index (Phi) is 4.09. The molecule has 7 heteroatoms. The Hall–Kier alpha value is -1.49. The molecule has 1 aromatic carbocycles. The van der Waals surface area contributed by atoms with E-state index in [1.54, 1.807) is 6.07 Å². The molecule has 2 rings (SSSR count). The van der Waals surface area contributed by atoms with Gasteiger partial charge < -0.3 is 5.73 Å². The van der Waals surface area contributed by atoms with Gasteiger partial charge in [-0.05, 0) is 24.5 Å². The molecule has 0 bridgehead atoms. The van der Waals surface area contributed by atoms with Crippen molar-refractivity contribution in [3.05, 3.63) is 29.6 Å². The van der Waals surface area contributed by atoms with Crippen molar-refractivity contribution in [1.82, 2.24) is 4.31 Å². The topological polar surface area (TPSA) is 87.2 Å². The number of benzene rings is 1. The smallest absolute Gasteiger partial charge is 0.244 e. The number of hydrogen-bond acceptors (Lipinski definition) is 4. The quantitative estimate of drug-likeness (QED) is 0.884. The number of halogens is 1. The summed E-state index contributed by atoms with van der Waals surface area (Å²) in [5.41, 5.74) is 5.40. The van der Waals surface area contributed by atoms with Gasteiger partial charge in [-0.25, -0.2) is 12.8 Å². The third-order valence-corrected chi connectivity index (χ3v) is 5.24. The summed E-state index contributed by atoms with van der Waals surface area (Å²) in [5.74, 6) is -0.699. The molecule has 2 unspecified atom stereocenters. The molecule has 1 heterocycles. The summed E-state index contributed by atoms with van der Waals surface area (Å²) < 4.78 is 39.9. The average molecular weight is 297 g/mol. The van der Waals surface area contributed by atoms with Crippen LogP contribution >= 0.6 is 0 Å². The molecule has 0 aliphatic carbocycles. The highest BCUT2D eigenvalue weighted by Gasteiger charge is 2.33. The SMILES string of the molecule is CC1CC(N)CN(S(=O)(=O)c2cccc(F)c2C#N)C1. The van der Waals surface area contributed by atoms with Gasteiger partial charge in [0, 0.05) is 19.1 Å². The van der Waals surface area contributed by atoms with E-state index in [4.69, 9.17) is 11.0 Å². The van der Waals surface area contributed by atoms with Gasteiger partial charge in [0.1, 0.15) is 22.3 Å². The minimum Gasteiger partial charge on any atom is -0.326 e. The highest BCUT2D eigenvalue weighted by Crippen LogP contribution is 2.26. The van der Waals surface area contributed by atoms with Crippen LogP contribution in [-0.2, 0) is 10.0 Å². The third kappa shape index (κ3) is 2.68. The highest BCUT2D eigenvalue weighted by molar-refractivity contribution is 7.89. The number of hydrogen-bond donors (Lipinski definition) is 1. The van der Waals surface area contributed by atoms with E-state index in [0.717, 1.165) is 12.5 Å². The van der Waals surface area contributed by atoms with Crippen LogP contribution in [0.2, 0.25) is 0 Å². The normalized spacial score (nSPS) is 24.3. The summed E-state index contributed by atoms with van der Waals surface area (Å²) in [5, 5.41) is 8.97. The Labute approximate surface area is 117 Å². The first-order valence-electron chi connectivity index (χ1n) is 6.30. The molecule has 0 radical (unpaired) electrons. The lowest BCUT2D eigenvalue weighted by Gasteiger charge is -2.34. The first kappa shape index (κ1) is 14.9. The van der Waals surface area contributed by atoms with Gasteiger partial charge in [0.05, 0.1) is 0 Å². The van der Waals surface area contributed by atoms with Gasteiger partial charge in [-0.15, -0.1) is 0 Å². The number of nitrogens with two attached hydrogens (primary N) is 1. The monoisotopic (exact) mass is 297 g/mol. The zero-order valence-corrected chi connectivity index (χ0v) is 11.9. The second kappa shape index (κ2) is 5.48. The van der Waals surface area contributed by atoms with E-state index < -0.39 is 21.4 Å². The van der Waals surface area contributed by atoms with Gasteiger partial charge in [-0.2, -0.15) is 9.57 Å². The van der Waals surface area contributed by atoms with Crippen molar-refractivity contribution in [2.45, 2.75) is 24.3 Å². The van der Waals surface area contributed by atoms with E-state index in [-0.39, 0.29) is 23.4 Å². The van der Waals surface area contributed by atoms with Gasteiger partial charge in [0.2, 0.25) is 10.0 Å². The second-order valence-electron chi connectivity index (χ2n) is 5.15. The van der Waals surface area contributed by atoms with Crippen molar-refractivity contribution in [2.75, 3.05) is 13.1 Å². The van der Waals surface area contributed by atoms with Crippen LogP contribution in [0.25, 0.3) is 0 Å². The highest BCUT2D eigenvalue weighted by atomic mass is 32.2. The van der Waals surface area contributed by atoms with Gasteiger partial charge >= 0.3 is 0 Å². The van der Waals surface area contributed by atoms with Gasteiger partial charge in [-0.1, -0.05) is 13.0 Å². The van der Waals surface area contributed by atoms with E-state index >= 15 is 0 Å². The molecule has 2 atom stereocenters. The summed E-state index contributed by atoms with van der Waals surface area (Å²) >= 11 is 0. The lowest BCUT2D eigenvalue weighted by atomic mass is 9.99. The molecule has 0 saturated carbocycles. The van der Waals surface area contributed by atoms with Crippen LogP contribution in [0, 0.1) is 23.1 Å². The van der Waals surface area contributed by atoms with Crippen LogP contribution in [0.1, 0.15) is 18.9 Å². The predicted octanol–water partition coefficient (Wildman–Crippen LogP) is 1.06. The first-order chi connectivity index (χ1) is 9.36. The van der Waals surface area contributed by atoms with Crippen LogP contribution in [-0.4, -0.2) is 31.9 Å². The fraction of sp³-hybridized carbons (Fsp3) is 0.462. The summed E-state index contributed by atoms with van der Waals surface area (Å²) in [7, 11) is -3.90. The summed E-state index contributed by atoms with van der Waals surface area (Å²) in [6.45, 7) is 2.43. The molecule has 0 aromatic heterocycles.